The molecule has 2 aliphatic heterocycles. The van der Waals surface area contributed by atoms with Crippen molar-refractivity contribution in [2.24, 2.45) is 11.8 Å². The molecule has 0 spiro atoms. The number of fused-ring (bicyclic) bond motifs is 2. The number of rotatable bonds is 6. The molecule has 11 heteroatoms. The summed E-state index contributed by atoms with van der Waals surface area (Å²) in [6, 6.07) is 5.37. The van der Waals surface area contributed by atoms with Crippen molar-refractivity contribution in [2.45, 2.75) is 0 Å². The fourth-order valence-corrected chi connectivity index (χ4v) is 4.49. The van der Waals surface area contributed by atoms with Gasteiger partial charge in [-0.1, -0.05) is 0 Å². The van der Waals surface area contributed by atoms with Gasteiger partial charge in [0.05, 0.1) is 25.6 Å². The molecule has 2 saturated heterocycles. The van der Waals surface area contributed by atoms with Crippen molar-refractivity contribution in [3.63, 3.8) is 0 Å². The number of imidazole rings is 1. The molecule has 4 heterocycles. The highest BCUT2D eigenvalue weighted by atomic mass is 35.5. The summed E-state index contributed by atoms with van der Waals surface area (Å²) < 4.78 is 5.37. The molecule has 10 nitrogen and oxygen atoms in total. The molecule has 4 N–H and O–H groups in total. The van der Waals surface area contributed by atoms with Crippen LogP contribution < -0.4 is 20.3 Å². The molecule has 0 bridgehead atoms. The lowest BCUT2D eigenvalue weighted by Crippen LogP contribution is -2.27. The number of aromatic amines is 1. The van der Waals surface area contributed by atoms with Gasteiger partial charge in [0.25, 0.3) is 5.91 Å². The molecule has 0 radical (unpaired) electrons. The number of amides is 1. The van der Waals surface area contributed by atoms with E-state index in [1.54, 1.807) is 18.5 Å². The van der Waals surface area contributed by atoms with Gasteiger partial charge in [0.2, 0.25) is 5.95 Å². The molecule has 0 aliphatic carbocycles. The van der Waals surface area contributed by atoms with Gasteiger partial charge in [-0.2, -0.15) is 4.98 Å². The summed E-state index contributed by atoms with van der Waals surface area (Å²) in [6.07, 6.45) is 1.60. The standard InChI is InChI=1S/C21H25N7O3.ClH/c1-31-16-3-2-12(6-15(16)20(30)23-4-5-29)17-18-19(25-11-24-18)27-21(26-17)28-9-13-7-22-8-14(13)10-28;/h2-3,6,11,13-14,22,29H,4-5,7-10H2,1H3,(H,23,30)(H,24,25,26,27);1H. The fraction of sp³-hybridized carbons (Fsp3) is 0.429. The van der Waals surface area contributed by atoms with Crippen LogP contribution in [0.4, 0.5) is 5.95 Å². The van der Waals surface area contributed by atoms with Gasteiger partial charge in [0.15, 0.2) is 5.65 Å². The molecule has 170 valence electrons. The average Bonchev–Trinajstić information content (AvgIpc) is 3.52. The third-order valence-corrected chi connectivity index (χ3v) is 6.06. The third kappa shape index (κ3) is 3.96. The number of hydrogen-bond donors (Lipinski definition) is 4. The summed E-state index contributed by atoms with van der Waals surface area (Å²) in [7, 11) is 1.52. The Morgan fingerprint density at radius 1 is 1.28 bits per heavy atom. The number of hydrogen-bond acceptors (Lipinski definition) is 8. The third-order valence-electron chi connectivity index (χ3n) is 6.06. The first-order valence-electron chi connectivity index (χ1n) is 10.4. The number of nitrogens with one attached hydrogen (secondary N) is 3. The molecular weight excluding hydrogens is 434 g/mol. The Kier molecular flexibility index (Phi) is 6.45. The predicted octanol–water partition coefficient (Wildman–Crippen LogP) is 0.828. The SMILES string of the molecule is COc1ccc(-c2nc(N3CC4CNCC4C3)nc3nc[nH]c23)cc1C(=O)NCCO.Cl. The lowest BCUT2D eigenvalue weighted by Gasteiger charge is -2.18. The molecule has 3 aromatic rings. The van der Waals surface area contributed by atoms with Gasteiger partial charge in [-0.15, -0.1) is 12.4 Å². The van der Waals surface area contributed by atoms with Crippen molar-refractivity contribution in [1.82, 2.24) is 30.6 Å². The number of benzene rings is 1. The Morgan fingerprint density at radius 2 is 2.06 bits per heavy atom. The minimum absolute atomic E-state index is 0. The molecule has 32 heavy (non-hydrogen) atoms. The maximum absolute atomic E-state index is 12.6. The minimum Gasteiger partial charge on any atom is -0.496 e. The van der Waals surface area contributed by atoms with E-state index in [9.17, 15) is 4.79 Å². The number of halogens is 1. The van der Waals surface area contributed by atoms with Crippen molar-refractivity contribution in [3.05, 3.63) is 30.1 Å². The summed E-state index contributed by atoms with van der Waals surface area (Å²) in [5, 5.41) is 15.2. The van der Waals surface area contributed by atoms with Crippen LogP contribution in [0, 0.1) is 11.8 Å². The number of nitrogens with zero attached hydrogens (tertiary/aromatic N) is 4. The van der Waals surface area contributed by atoms with Crippen molar-refractivity contribution in [3.8, 4) is 17.0 Å². The maximum atomic E-state index is 12.6. The molecule has 1 aromatic carbocycles. The van der Waals surface area contributed by atoms with E-state index >= 15 is 0 Å². The lowest BCUT2D eigenvalue weighted by atomic mass is 10.0. The summed E-state index contributed by atoms with van der Waals surface area (Å²) in [5.41, 5.74) is 3.14. The number of carbonyl (C=O) groups excluding carboxylic acids is 1. The predicted molar refractivity (Wildman–Crippen MR) is 122 cm³/mol. The first-order chi connectivity index (χ1) is 15.2. The van der Waals surface area contributed by atoms with Crippen molar-refractivity contribution in [1.29, 1.82) is 0 Å². The zero-order valence-corrected chi connectivity index (χ0v) is 18.5. The molecule has 5 rings (SSSR count). The Morgan fingerprint density at radius 3 is 2.78 bits per heavy atom. The van der Waals surface area contributed by atoms with Gasteiger partial charge in [-0.05, 0) is 30.0 Å². The van der Waals surface area contributed by atoms with Crippen LogP contribution in [0.3, 0.4) is 0 Å². The zero-order chi connectivity index (χ0) is 21.4. The fourth-order valence-electron chi connectivity index (χ4n) is 4.49. The number of H-pyrrole nitrogens is 1. The Hall–Kier alpha value is -2.95. The van der Waals surface area contributed by atoms with Gasteiger partial charge in [0.1, 0.15) is 17.0 Å². The van der Waals surface area contributed by atoms with E-state index in [0.29, 0.717) is 40.4 Å². The van der Waals surface area contributed by atoms with Crippen molar-refractivity contribution < 1.29 is 14.6 Å². The highest BCUT2D eigenvalue weighted by Gasteiger charge is 2.37. The van der Waals surface area contributed by atoms with Crippen LogP contribution in [-0.4, -0.2) is 77.4 Å². The van der Waals surface area contributed by atoms with Crippen molar-refractivity contribution in [2.75, 3.05) is 51.3 Å². The number of carbonyl (C=O) groups is 1. The van der Waals surface area contributed by atoms with E-state index in [4.69, 9.17) is 14.8 Å². The van der Waals surface area contributed by atoms with Crippen molar-refractivity contribution >= 4 is 35.4 Å². The van der Waals surface area contributed by atoms with E-state index in [-0.39, 0.29) is 31.5 Å². The average molecular weight is 460 g/mol. The number of aliphatic hydroxyl groups excluding tert-OH is 1. The quantitative estimate of drug-likeness (QED) is 0.426. The number of ether oxygens (including phenoxy) is 1. The Labute approximate surface area is 191 Å². The molecule has 2 aromatic heterocycles. The van der Waals surface area contributed by atoms with Crippen LogP contribution in [-0.2, 0) is 0 Å². The monoisotopic (exact) mass is 459 g/mol. The van der Waals surface area contributed by atoms with E-state index in [1.165, 1.54) is 7.11 Å². The number of aromatic nitrogens is 4. The first-order valence-corrected chi connectivity index (χ1v) is 10.4. The second-order valence-electron chi connectivity index (χ2n) is 7.95. The van der Waals surface area contributed by atoms with Gasteiger partial charge in [-0.25, -0.2) is 9.97 Å². The molecule has 2 fully saturated rings. The molecule has 0 saturated carbocycles. The maximum Gasteiger partial charge on any atom is 0.255 e. The first kappa shape index (κ1) is 22.3. The van der Waals surface area contributed by atoms with Crippen LogP contribution >= 0.6 is 12.4 Å². The van der Waals surface area contributed by atoms with E-state index in [2.05, 4.69) is 30.5 Å². The molecule has 2 aliphatic rings. The molecular formula is C21H26ClN7O3. The number of methoxy groups -OCH3 is 1. The normalized spacial score (nSPS) is 19.6. The smallest absolute Gasteiger partial charge is 0.255 e. The van der Waals surface area contributed by atoms with E-state index < -0.39 is 0 Å². The van der Waals surface area contributed by atoms with Crippen LogP contribution in [0.5, 0.6) is 5.75 Å². The largest absolute Gasteiger partial charge is 0.496 e. The van der Waals surface area contributed by atoms with Gasteiger partial charge >= 0.3 is 0 Å². The Bertz CT molecular complexity index is 1110. The second kappa shape index (κ2) is 9.27. The number of aliphatic hydroxyl groups is 1. The molecule has 1 amide bonds. The van der Waals surface area contributed by atoms with Gasteiger partial charge < -0.3 is 30.4 Å². The molecule has 2 unspecified atom stereocenters. The number of anilines is 1. The zero-order valence-electron chi connectivity index (χ0n) is 17.7. The van der Waals surface area contributed by atoms with Gasteiger partial charge in [0, 0.05) is 38.3 Å². The summed E-state index contributed by atoms with van der Waals surface area (Å²) >= 11 is 0. The van der Waals surface area contributed by atoms with E-state index in [1.807, 2.05) is 6.07 Å². The van der Waals surface area contributed by atoms with Gasteiger partial charge in [-0.3, -0.25) is 4.79 Å². The van der Waals surface area contributed by atoms with E-state index in [0.717, 1.165) is 37.3 Å². The Balaban J connectivity index is 0.00000245. The summed E-state index contributed by atoms with van der Waals surface area (Å²) in [6.45, 7) is 3.94. The highest BCUT2D eigenvalue weighted by Crippen LogP contribution is 2.33. The van der Waals surface area contributed by atoms with Crippen LogP contribution in [0.2, 0.25) is 0 Å². The van der Waals surface area contributed by atoms with Crippen LogP contribution in [0.1, 0.15) is 10.4 Å². The summed E-state index contributed by atoms with van der Waals surface area (Å²) in [4.78, 5) is 31.9. The minimum atomic E-state index is -0.317. The molecule has 2 atom stereocenters. The van der Waals surface area contributed by atoms with Crippen LogP contribution in [0.15, 0.2) is 24.5 Å². The topological polar surface area (TPSA) is 128 Å². The highest BCUT2D eigenvalue weighted by molar-refractivity contribution is 5.99. The summed E-state index contributed by atoms with van der Waals surface area (Å²) in [5.74, 6) is 2.03. The lowest BCUT2D eigenvalue weighted by molar-refractivity contribution is 0.0942. The van der Waals surface area contributed by atoms with Crippen LogP contribution in [0.25, 0.3) is 22.4 Å². The second-order valence-corrected chi connectivity index (χ2v) is 7.95.